The van der Waals surface area contributed by atoms with E-state index in [9.17, 15) is 9.59 Å². The van der Waals surface area contributed by atoms with Crippen molar-refractivity contribution in [2.24, 2.45) is 7.05 Å². The minimum Gasteiger partial charge on any atom is -0.463 e. The molecule has 1 unspecified atom stereocenters. The molecule has 0 aliphatic carbocycles. The Morgan fingerprint density at radius 2 is 2.36 bits per heavy atom. The van der Waals surface area contributed by atoms with Gasteiger partial charge >= 0.3 is 12.0 Å². The maximum Gasteiger partial charge on any atom is 0.338 e. The second-order valence-corrected chi connectivity index (χ2v) is 7.19. The first kappa shape index (κ1) is 17.6. The lowest BCUT2D eigenvalue weighted by Gasteiger charge is -2.28. The number of carbonyl (C=O) groups excluding carboxylic acids is 2. The first-order valence-corrected chi connectivity index (χ1v) is 9.58. The van der Waals surface area contributed by atoms with E-state index in [0.717, 1.165) is 10.0 Å². The summed E-state index contributed by atoms with van der Waals surface area (Å²) in [6.07, 6.45) is 3.55. The number of amides is 2. The van der Waals surface area contributed by atoms with Crippen molar-refractivity contribution in [1.29, 1.82) is 0 Å². The van der Waals surface area contributed by atoms with Crippen molar-refractivity contribution in [2.45, 2.75) is 18.1 Å². The Morgan fingerprint density at radius 3 is 3.00 bits per heavy atom. The highest BCUT2D eigenvalue weighted by Gasteiger charge is 2.34. The molecule has 0 aromatic carbocycles. The molecule has 3 rings (SSSR count). The number of rotatable bonds is 6. The van der Waals surface area contributed by atoms with Gasteiger partial charge in [-0.1, -0.05) is 17.8 Å². The van der Waals surface area contributed by atoms with Gasteiger partial charge in [0, 0.05) is 35.8 Å². The van der Waals surface area contributed by atoms with Gasteiger partial charge in [0.25, 0.3) is 0 Å². The fourth-order valence-corrected chi connectivity index (χ4v) is 4.16. The predicted molar refractivity (Wildman–Crippen MR) is 96.3 cm³/mol. The number of esters is 1. The van der Waals surface area contributed by atoms with Crippen LogP contribution in [0.25, 0.3) is 0 Å². The zero-order valence-electron chi connectivity index (χ0n) is 13.8. The first-order chi connectivity index (χ1) is 12.1. The highest BCUT2D eigenvalue weighted by atomic mass is 32.2. The molecule has 2 aromatic rings. The summed E-state index contributed by atoms with van der Waals surface area (Å²) in [6, 6.07) is 2.94. The van der Waals surface area contributed by atoms with Crippen molar-refractivity contribution >= 4 is 35.1 Å². The molecule has 7 nitrogen and oxygen atoms in total. The van der Waals surface area contributed by atoms with Crippen LogP contribution in [0.3, 0.4) is 0 Å². The van der Waals surface area contributed by atoms with E-state index in [1.807, 2.05) is 35.3 Å². The van der Waals surface area contributed by atoms with E-state index in [-0.39, 0.29) is 12.6 Å². The Kier molecular flexibility index (Phi) is 5.44. The van der Waals surface area contributed by atoms with E-state index in [1.54, 1.807) is 13.1 Å². The quantitative estimate of drug-likeness (QED) is 0.596. The standard InChI is InChI=1S/C16H18N4O3S2/c1-3-23-14(21)12-10(9-25-16-17-6-7-20(16)2)18-15(22)19-13(12)11-5-4-8-24-11/h4-8,13H,3,9H2,1-2H3,(H2,18,19,22). The Labute approximate surface area is 153 Å². The molecule has 0 saturated carbocycles. The number of thiophene rings is 1. The SMILES string of the molecule is CCOC(=O)C1=C(CSc2nccn2C)NC(=O)NC1c1cccs1. The highest BCUT2D eigenvalue weighted by Crippen LogP contribution is 2.32. The average Bonchev–Trinajstić information content (AvgIpc) is 3.24. The number of hydrogen-bond donors (Lipinski definition) is 2. The molecule has 1 aliphatic rings. The summed E-state index contributed by atoms with van der Waals surface area (Å²) in [6.45, 7) is 2.03. The molecule has 0 bridgehead atoms. The van der Waals surface area contributed by atoms with Crippen LogP contribution in [-0.2, 0) is 16.6 Å². The maximum absolute atomic E-state index is 12.6. The Bertz CT molecular complexity index is 798. The number of nitrogens with one attached hydrogen (secondary N) is 2. The number of urea groups is 1. The second kappa shape index (κ2) is 7.75. The number of aryl methyl sites for hydroxylation is 1. The normalized spacial score (nSPS) is 17.2. The number of thioether (sulfide) groups is 1. The molecule has 3 heterocycles. The van der Waals surface area contributed by atoms with Crippen LogP contribution < -0.4 is 10.6 Å². The van der Waals surface area contributed by atoms with E-state index in [4.69, 9.17) is 4.74 Å². The Hall–Kier alpha value is -2.26. The number of ether oxygens (including phenoxy) is 1. The lowest BCUT2D eigenvalue weighted by Crippen LogP contribution is -2.46. The summed E-state index contributed by atoms with van der Waals surface area (Å²) in [5, 5.41) is 8.28. The average molecular weight is 378 g/mol. The zero-order valence-corrected chi connectivity index (χ0v) is 15.4. The Balaban J connectivity index is 1.94. The van der Waals surface area contributed by atoms with E-state index in [1.165, 1.54) is 23.1 Å². The highest BCUT2D eigenvalue weighted by molar-refractivity contribution is 7.99. The van der Waals surface area contributed by atoms with Gasteiger partial charge in [-0.3, -0.25) is 0 Å². The van der Waals surface area contributed by atoms with Gasteiger partial charge in [0.1, 0.15) is 0 Å². The van der Waals surface area contributed by atoms with Gasteiger partial charge in [0.05, 0.1) is 18.2 Å². The van der Waals surface area contributed by atoms with Crippen LogP contribution in [-0.4, -0.2) is 33.9 Å². The molecule has 0 saturated heterocycles. The number of carbonyl (C=O) groups is 2. The number of nitrogens with zero attached hydrogens (tertiary/aromatic N) is 2. The Morgan fingerprint density at radius 1 is 1.52 bits per heavy atom. The van der Waals surface area contributed by atoms with Gasteiger partial charge in [-0.25, -0.2) is 14.6 Å². The number of aromatic nitrogens is 2. The van der Waals surface area contributed by atoms with Crippen molar-refractivity contribution in [3.8, 4) is 0 Å². The van der Waals surface area contributed by atoms with E-state index in [0.29, 0.717) is 17.0 Å². The van der Waals surface area contributed by atoms with Crippen molar-refractivity contribution in [1.82, 2.24) is 20.2 Å². The minimum absolute atomic E-state index is 0.271. The smallest absolute Gasteiger partial charge is 0.338 e. The number of imidazole rings is 1. The molecule has 0 spiro atoms. The van der Waals surface area contributed by atoms with Gasteiger partial charge in [-0.05, 0) is 18.4 Å². The monoisotopic (exact) mass is 378 g/mol. The van der Waals surface area contributed by atoms with Crippen molar-refractivity contribution < 1.29 is 14.3 Å². The third-order valence-electron chi connectivity index (χ3n) is 3.60. The third kappa shape index (κ3) is 3.88. The number of hydrogen-bond acceptors (Lipinski definition) is 6. The van der Waals surface area contributed by atoms with Crippen LogP contribution in [0.5, 0.6) is 0 Å². The zero-order chi connectivity index (χ0) is 17.8. The van der Waals surface area contributed by atoms with Crippen LogP contribution in [0.15, 0.2) is 46.3 Å². The molecule has 1 atom stereocenters. The summed E-state index contributed by atoms with van der Waals surface area (Å²) in [4.78, 5) is 29.8. The van der Waals surface area contributed by atoms with Crippen LogP contribution in [0, 0.1) is 0 Å². The third-order valence-corrected chi connectivity index (χ3v) is 5.62. The van der Waals surface area contributed by atoms with Gasteiger partial charge in [-0.2, -0.15) is 0 Å². The van der Waals surface area contributed by atoms with E-state index >= 15 is 0 Å². The largest absolute Gasteiger partial charge is 0.463 e. The van der Waals surface area contributed by atoms with Gasteiger partial charge < -0.3 is 19.9 Å². The topological polar surface area (TPSA) is 85.2 Å². The molecule has 2 amide bonds. The van der Waals surface area contributed by atoms with Crippen molar-refractivity contribution in [3.05, 3.63) is 46.1 Å². The van der Waals surface area contributed by atoms with Crippen LogP contribution in [0.1, 0.15) is 17.8 Å². The predicted octanol–water partition coefficient (Wildman–Crippen LogP) is 2.45. The lowest BCUT2D eigenvalue weighted by atomic mass is 10.0. The molecule has 1 aliphatic heterocycles. The first-order valence-electron chi connectivity index (χ1n) is 7.71. The molecule has 2 N–H and O–H groups in total. The van der Waals surface area contributed by atoms with E-state index in [2.05, 4.69) is 15.6 Å². The molecular formula is C16H18N4O3S2. The molecular weight excluding hydrogens is 360 g/mol. The molecule has 9 heteroatoms. The summed E-state index contributed by atoms with van der Waals surface area (Å²) in [7, 11) is 1.89. The summed E-state index contributed by atoms with van der Waals surface area (Å²) in [5.74, 6) is -0.0160. The molecule has 25 heavy (non-hydrogen) atoms. The van der Waals surface area contributed by atoms with Gasteiger partial charge in [0.2, 0.25) is 0 Å². The minimum atomic E-state index is -0.509. The molecule has 0 radical (unpaired) electrons. The van der Waals surface area contributed by atoms with Crippen LogP contribution >= 0.6 is 23.1 Å². The second-order valence-electron chi connectivity index (χ2n) is 5.27. The van der Waals surface area contributed by atoms with Crippen LogP contribution in [0.2, 0.25) is 0 Å². The summed E-state index contributed by atoms with van der Waals surface area (Å²) >= 11 is 2.93. The van der Waals surface area contributed by atoms with Crippen LogP contribution in [0.4, 0.5) is 4.79 Å². The lowest BCUT2D eigenvalue weighted by molar-refractivity contribution is -0.139. The maximum atomic E-state index is 12.6. The van der Waals surface area contributed by atoms with E-state index < -0.39 is 12.0 Å². The van der Waals surface area contributed by atoms with Gasteiger partial charge in [0.15, 0.2) is 5.16 Å². The van der Waals surface area contributed by atoms with Crippen molar-refractivity contribution in [3.63, 3.8) is 0 Å². The molecule has 0 fully saturated rings. The molecule has 132 valence electrons. The summed E-state index contributed by atoms with van der Waals surface area (Å²) < 4.78 is 7.11. The molecule has 2 aromatic heterocycles. The summed E-state index contributed by atoms with van der Waals surface area (Å²) in [5.41, 5.74) is 0.985. The van der Waals surface area contributed by atoms with Gasteiger partial charge in [-0.15, -0.1) is 11.3 Å². The fourth-order valence-electron chi connectivity index (χ4n) is 2.48. The fraction of sp³-hybridized carbons (Fsp3) is 0.312. The van der Waals surface area contributed by atoms with Crippen molar-refractivity contribution in [2.75, 3.05) is 12.4 Å².